The molecule has 0 radical (unpaired) electrons. The van der Waals surface area contributed by atoms with Crippen LogP contribution in [-0.2, 0) is 9.59 Å². The number of carbonyl (C=O) groups is 2. The van der Waals surface area contributed by atoms with Crippen LogP contribution in [0.1, 0.15) is 29.3 Å². The Labute approximate surface area is 195 Å². The molecule has 2 heterocycles. The van der Waals surface area contributed by atoms with Crippen molar-refractivity contribution in [3.8, 4) is 0 Å². The highest BCUT2D eigenvalue weighted by atomic mass is 35.5. The highest BCUT2D eigenvalue weighted by Crippen LogP contribution is 2.34. The second-order valence-electron chi connectivity index (χ2n) is 7.73. The zero-order valence-corrected chi connectivity index (χ0v) is 19.7. The van der Waals surface area contributed by atoms with Gasteiger partial charge in [-0.2, -0.15) is 0 Å². The number of fused-ring (bicyclic) bond motifs is 1. The van der Waals surface area contributed by atoms with Crippen LogP contribution in [0.4, 0.5) is 5.69 Å². The molecule has 1 aromatic heterocycles. The van der Waals surface area contributed by atoms with Gasteiger partial charge in [0.05, 0.1) is 26.7 Å². The Morgan fingerprint density at radius 1 is 1.19 bits per heavy atom. The van der Waals surface area contributed by atoms with Crippen LogP contribution < -0.4 is 5.32 Å². The first kappa shape index (κ1) is 22.1. The summed E-state index contributed by atoms with van der Waals surface area (Å²) in [7, 11) is 0. The van der Waals surface area contributed by atoms with Crippen molar-refractivity contribution < 1.29 is 9.59 Å². The summed E-state index contributed by atoms with van der Waals surface area (Å²) >= 11 is 9.15. The van der Waals surface area contributed by atoms with Crippen LogP contribution in [0.5, 0.6) is 0 Å². The number of piperidine rings is 1. The van der Waals surface area contributed by atoms with Gasteiger partial charge < -0.3 is 10.2 Å². The zero-order valence-electron chi connectivity index (χ0n) is 17.3. The third-order valence-corrected chi connectivity index (χ3v) is 7.67. The maximum absolute atomic E-state index is 12.5. The van der Waals surface area contributed by atoms with Gasteiger partial charge in [0.1, 0.15) is 0 Å². The molecular formula is C23H24ClN3O2S2. The number of aromatic nitrogens is 1. The number of anilines is 1. The molecule has 1 aliphatic heterocycles. The minimum atomic E-state index is -0.0851. The minimum absolute atomic E-state index is 0.0851. The number of hydrogen-bond donors (Lipinski definition) is 1. The van der Waals surface area contributed by atoms with Crippen molar-refractivity contribution in [2.75, 3.05) is 29.9 Å². The predicted molar refractivity (Wildman–Crippen MR) is 130 cm³/mol. The normalized spacial score (nSPS) is 14.7. The fourth-order valence-electron chi connectivity index (χ4n) is 3.71. The van der Waals surface area contributed by atoms with Gasteiger partial charge >= 0.3 is 0 Å². The van der Waals surface area contributed by atoms with E-state index in [1.807, 2.05) is 54.3 Å². The average Bonchev–Trinajstić information content (AvgIpc) is 3.17. The smallest absolute Gasteiger partial charge is 0.234 e. The number of halogens is 1. The van der Waals surface area contributed by atoms with Gasteiger partial charge in [-0.1, -0.05) is 23.7 Å². The van der Waals surface area contributed by atoms with Gasteiger partial charge in [0, 0.05) is 29.7 Å². The van der Waals surface area contributed by atoms with Crippen molar-refractivity contribution in [3.63, 3.8) is 0 Å². The number of nitrogens with one attached hydrogen (secondary N) is 1. The summed E-state index contributed by atoms with van der Waals surface area (Å²) in [5.41, 5.74) is 2.83. The molecule has 0 bridgehead atoms. The molecule has 1 fully saturated rings. The lowest BCUT2D eigenvalue weighted by Crippen LogP contribution is -2.39. The number of thiazole rings is 1. The van der Waals surface area contributed by atoms with Crippen LogP contribution in [0.15, 0.2) is 42.5 Å². The largest absolute Gasteiger partial charge is 0.342 e. The molecule has 1 aliphatic rings. The Morgan fingerprint density at radius 2 is 2.00 bits per heavy atom. The number of rotatable bonds is 6. The molecule has 1 N–H and O–H groups in total. The molecule has 31 heavy (non-hydrogen) atoms. The summed E-state index contributed by atoms with van der Waals surface area (Å²) < 4.78 is 1.15. The van der Waals surface area contributed by atoms with E-state index < -0.39 is 0 Å². The first-order valence-electron chi connectivity index (χ1n) is 10.3. The molecule has 3 aromatic rings. The first-order chi connectivity index (χ1) is 15.0. The molecule has 8 heteroatoms. The summed E-state index contributed by atoms with van der Waals surface area (Å²) in [6.07, 6.45) is 1.83. The Balaban J connectivity index is 1.21. The number of carbonyl (C=O) groups excluding carboxylic acids is 2. The fraction of sp³-hybridized carbons (Fsp3) is 0.348. The van der Waals surface area contributed by atoms with Gasteiger partial charge in [-0.05, 0) is 55.7 Å². The van der Waals surface area contributed by atoms with Crippen LogP contribution in [0.25, 0.3) is 10.2 Å². The lowest BCUT2D eigenvalue weighted by molar-refractivity contribution is -0.129. The van der Waals surface area contributed by atoms with Crippen LogP contribution in [0.3, 0.4) is 0 Å². The molecule has 2 amide bonds. The number of amides is 2. The molecular weight excluding hydrogens is 450 g/mol. The van der Waals surface area contributed by atoms with E-state index in [2.05, 4.69) is 5.32 Å². The van der Waals surface area contributed by atoms with Gasteiger partial charge in [-0.15, -0.1) is 23.1 Å². The summed E-state index contributed by atoms with van der Waals surface area (Å²) in [6, 6.07) is 13.5. The second-order valence-corrected chi connectivity index (χ2v) is 10.2. The standard InChI is InChI=1S/C23H24ClN3O2S2/c1-15-3-2-4-18(11-15)25-21(28)13-30-14-22(29)27-9-7-16(8-10-27)23-26-19-12-17(24)5-6-20(19)31-23/h2-6,11-12,16H,7-10,13-14H2,1H3,(H,25,28). The monoisotopic (exact) mass is 473 g/mol. The number of aryl methyl sites for hydroxylation is 1. The maximum atomic E-state index is 12.5. The summed E-state index contributed by atoms with van der Waals surface area (Å²) in [6.45, 7) is 3.45. The van der Waals surface area contributed by atoms with E-state index in [-0.39, 0.29) is 17.6 Å². The second kappa shape index (κ2) is 10.0. The third kappa shape index (κ3) is 5.79. The Bertz CT molecular complexity index is 1090. The number of nitrogens with zero attached hydrogens (tertiary/aromatic N) is 2. The van der Waals surface area contributed by atoms with Crippen molar-refractivity contribution in [3.05, 3.63) is 58.1 Å². The van der Waals surface area contributed by atoms with E-state index in [4.69, 9.17) is 16.6 Å². The van der Waals surface area contributed by atoms with Gasteiger partial charge in [0.15, 0.2) is 0 Å². The Hall–Kier alpha value is -2.09. The van der Waals surface area contributed by atoms with Crippen LogP contribution in [0.2, 0.25) is 5.02 Å². The molecule has 0 spiro atoms. The predicted octanol–water partition coefficient (Wildman–Crippen LogP) is 5.34. The fourth-order valence-corrected chi connectivity index (χ4v) is 5.71. The lowest BCUT2D eigenvalue weighted by Gasteiger charge is -2.31. The van der Waals surface area contributed by atoms with E-state index in [0.29, 0.717) is 16.7 Å². The molecule has 5 nitrogen and oxygen atoms in total. The summed E-state index contributed by atoms with van der Waals surface area (Å²) in [4.78, 5) is 31.3. The van der Waals surface area contributed by atoms with E-state index in [0.717, 1.165) is 52.4 Å². The SMILES string of the molecule is Cc1cccc(NC(=O)CSCC(=O)N2CCC(c3nc4cc(Cl)ccc4s3)CC2)c1. The van der Waals surface area contributed by atoms with Crippen LogP contribution in [0, 0.1) is 6.92 Å². The van der Waals surface area contributed by atoms with Crippen molar-refractivity contribution in [1.29, 1.82) is 0 Å². The van der Waals surface area contributed by atoms with Crippen molar-refractivity contribution in [2.24, 2.45) is 0 Å². The number of likely N-dealkylation sites (tertiary alicyclic amines) is 1. The molecule has 0 atom stereocenters. The number of benzene rings is 2. The van der Waals surface area contributed by atoms with Gasteiger partial charge in [0.25, 0.3) is 0 Å². The van der Waals surface area contributed by atoms with Gasteiger partial charge in [-0.3, -0.25) is 9.59 Å². The molecule has 1 saturated heterocycles. The van der Waals surface area contributed by atoms with Crippen molar-refractivity contribution in [2.45, 2.75) is 25.7 Å². The van der Waals surface area contributed by atoms with Crippen molar-refractivity contribution in [1.82, 2.24) is 9.88 Å². The highest BCUT2D eigenvalue weighted by molar-refractivity contribution is 8.00. The molecule has 2 aromatic carbocycles. The molecule has 162 valence electrons. The third-order valence-electron chi connectivity index (χ3n) is 5.32. The first-order valence-corrected chi connectivity index (χ1v) is 12.6. The quantitative estimate of drug-likeness (QED) is 0.525. The molecule has 4 rings (SSSR count). The summed E-state index contributed by atoms with van der Waals surface area (Å²) in [5, 5.41) is 4.71. The molecule has 0 unspecified atom stereocenters. The number of hydrogen-bond acceptors (Lipinski definition) is 5. The van der Waals surface area contributed by atoms with E-state index in [1.54, 1.807) is 11.3 Å². The maximum Gasteiger partial charge on any atom is 0.234 e. The lowest BCUT2D eigenvalue weighted by atomic mass is 9.97. The van der Waals surface area contributed by atoms with Crippen molar-refractivity contribution >= 4 is 62.4 Å². The highest BCUT2D eigenvalue weighted by Gasteiger charge is 2.26. The van der Waals surface area contributed by atoms with Gasteiger partial charge in [0.2, 0.25) is 11.8 Å². The van der Waals surface area contributed by atoms with Crippen LogP contribution in [-0.4, -0.2) is 46.3 Å². The minimum Gasteiger partial charge on any atom is -0.342 e. The van der Waals surface area contributed by atoms with Crippen LogP contribution >= 0.6 is 34.7 Å². The summed E-state index contributed by atoms with van der Waals surface area (Å²) in [5.74, 6) is 0.990. The van der Waals surface area contributed by atoms with E-state index in [9.17, 15) is 9.59 Å². The molecule has 0 saturated carbocycles. The average molecular weight is 474 g/mol. The van der Waals surface area contributed by atoms with E-state index >= 15 is 0 Å². The Kier molecular flexibility index (Phi) is 7.15. The topological polar surface area (TPSA) is 62.3 Å². The zero-order chi connectivity index (χ0) is 21.8. The Morgan fingerprint density at radius 3 is 2.77 bits per heavy atom. The number of thioether (sulfide) groups is 1. The van der Waals surface area contributed by atoms with Gasteiger partial charge in [-0.25, -0.2) is 4.98 Å². The van der Waals surface area contributed by atoms with E-state index in [1.165, 1.54) is 11.8 Å². The molecule has 0 aliphatic carbocycles.